The highest BCUT2D eigenvalue weighted by Gasteiger charge is 2.11. The molecule has 0 aliphatic heterocycles. The Labute approximate surface area is 150 Å². The first-order valence-electron chi connectivity index (χ1n) is 7.88. The molecule has 0 unspecified atom stereocenters. The molecule has 0 amide bonds. The van der Waals surface area contributed by atoms with Gasteiger partial charge < -0.3 is 9.84 Å². The third-order valence-electron chi connectivity index (χ3n) is 3.61. The van der Waals surface area contributed by atoms with Gasteiger partial charge in [-0.05, 0) is 36.4 Å². The quantitative estimate of drug-likeness (QED) is 0.424. The normalized spacial score (nSPS) is 10.6. The summed E-state index contributed by atoms with van der Waals surface area (Å²) in [4.78, 5) is 27.7. The van der Waals surface area contributed by atoms with E-state index in [1.165, 1.54) is 12.3 Å². The summed E-state index contributed by atoms with van der Waals surface area (Å²) in [6, 6.07) is 22.0. The molecular formula is C21H15NO4. The highest BCUT2D eigenvalue weighted by molar-refractivity contribution is 5.96. The van der Waals surface area contributed by atoms with Crippen LogP contribution in [-0.4, -0.2) is 23.3 Å². The highest BCUT2D eigenvalue weighted by atomic mass is 16.5. The molecule has 0 aromatic heterocycles. The Bertz CT molecular complexity index is 965. The molecule has 128 valence electrons. The number of para-hydroxylation sites is 2. The molecule has 0 bridgehead atoms. The number of nitrogens with zero attached hydrogens (tertiary/aromatic N) is 1. The van der Waals surface area contributed by atoms with Gasteiger partial charge in [0.1, 0.15) is 5.75 Å². The smallest absolute Gasteiger partial charge is 0.343 e. The van der Waals surface area contributed by atoms with Gasteiger partial charge in [0.15, 0.2) is 0 Å². The van der Waals surface area contributed by atoms with Crippen LogP contribution in [0.25, 0.3) is 0 Å². The standard InChI is InChI=1S/C21H15NO4/c23-20(24)17-11-5-6-12-18(17)22-14-16-10-4-7-13-19(16)26-21(25)15-8-2-1-3-9-15/h1-14H,(H,23,24). The molecule has 0 aliphatic carbocycles. The first kappa shape index (κ1) is 17.1. The largest absolute Gasteiger partial charge is 0.478 e. The maximum absolute atomic E-state index is 12.2. The number of carboxylic acid groups (broad SMARTS) is 1. The average molecular weight is 345 g/mol. The molecule has 0 aliphatic rings. The van der Waals surface area contributed by atoms with Gasteiger partial charge in [-0.2, -0.15) is 0 Å². The molecule has 3 aromatic carbocycles. The third-order valence-corrected chi connectivity index (χ3v) is 3.61. The third kappa shape index (κ3) is 4.02. The second kappa shape index (κ2) is 7.90. The predicted octanol–water partition coefficient (Wildman–Crippen LogP) is 4.35. The lowest BCUT2D eigenvalue weighted by molar-refractivity contribution is 0.0695. The van der Waals surface area contributed by atoms with Gasteiger partial charge in [-0.25, -0.2) is 9.59 Å². The van der Waals surface area contributed by atoms with E-state index in [0.717, 1.165) is 0 Å². The van der Waals surface area contributed by atoms with Crippen LogP contribution >= 0.6 is 0 Å². The van der Waals surface area contributed by atoms with Gasteiger partial charge in [0.2, 0.25) is 0 Å². The van der Waals surface area contributed by atoms with Crippen molar-refractivity contribution in [1.29, 1.82) is 0 Å². The van der Waals surface area contributed by atoms with E-state index in [1.54, 1.807) is 66.7 Å². The van der Waals surface area contributed by atoms with Crippen molar-refractivity contribution in [2.24, 2.45) is 4.99 Å². The number of hydrogen-bond donors (Lipinski definition) is 1. The molecule has 0 atom stereocenters. The van der Waals surface area contributed by atoms with Crippen molar-refractivity contribution in [2.45, 2.75) is 0 Å². The molecule has 1 N–H and O–H groups in total. The first-order chi connectivity index (χ1) is 12.6. The Kier molecular flexibility index (Phi) is 5.19. The fourth-order valence-electron chi connectivity index (χ4n) is 2.32. The van der Waals surface area contributed by atoms with Crippen LogP contribution in [0.5, 0.6) is 5.75 Å². The maximum Gasteiger partial charge on any atom is 0.343 e. The van der Waals surface area contributed by atoms with Gasteiger partial charge in [0.25, 0.3) is 0 Å². The van der Waals surface area contributed by atoms with Gasteiger partial charge >= 0.3 is 11.9 Å². The fraction of sp³-hybridized carbons (Fsp3) is 0. The molecular weight excluding hydrogens is 330 g/mol. The Balaban J connectivity index is 1.86. The van der Waals surface area contributed by atoms with Crippen molar-refractivity contribution in [1.82, 2.24) is 0 Å². The van der Waals surface area contributed by atoms with E-state index >= 15 is 0 Å². The number of carboxylic acids is 1. The van der Waals surface area contributed by atoms with Crippen molar-refractivity contribution in [3.8, 4) is 5.75 Å². The molecule has 3 rings (SSSR count). The van der Waals surface area contributed by atoms with Crippen LogP contribution in [0.3, 0.4) is 0 Å². The Morgan fingerprint density at radius 3 is 2.27 bits per heavy atom. The highest BCUT2D eigenvalue weighted by Crippen LogP contribution is 2.21. The number of carbonyl (C=O) groups excluding carboxylic acids is 1. The summed E-state index contributed by atoms with van der Waals surface area (Å²) in [6.07, 6.45) is 1.48. The zero-order valence-electron chi connectivity index (χ0n) is 13.7. The van der Waals surface area contributed by atoms with E-state index in [0.29, 0.717) is 22.6 Å². The number of ether oxygens (including phenoxy) is 1. The van der Waals surface area contributed by atoms with Crippen molar-refractivity contribution in [3.05, 3.63) is 95.6 Å². The summed E-state index contributed by atoms with van der Waals surface area (Å²) in [6.45, 7) is 0. The molecule has 0 radical (unpaired) electrons. The van der Waals surface area contributed by atoms with E-state index in [1.807, 2.05) is 6.07 Å². The van der Waals surface area contributed by atoms with Crippen LogP contribution in [0.4, 0.5) is 5.69 Å². The molecule has 3 aromatic rings. The number of benzene rings is 3. The second-order valence-electron chi connectivity index (χ2n) is 5.37. The topological polar surface area (TPSA) is 76.0 Å². The van der Waals surface area contributed by atoms with Crippen LogP contribution in [0.1, 0.15) is 26.3 Å². The summed E-state index contributed by atoms with van der Waals surface area (Å²) in [5, 5.41) is 9.22. The number of aliphatic imine (C=N–C) groups is 1. The van der Waals surface area contributed by atoms with Gasteiger partial charge in [-0.1, -0.05) is 42.5 Å². The van der Waals surface area contributed by atoms with E-state index in [-0.39, 0.29) is 5.56 Å². The first-order valence-corrected chi connectivity index (χ1v) is 7.88. The predicted molar refractivity (Wildman–Crippen MR) is 98.5 cm³/mol. The Morgan fingerprint density at radius 2 is 1.50 bits per heavy atom. The number of carbonyl (C=O) groups is 2. The molecule has 0 saturated carbocycles. The molecule has 0 fully saturated rings. The van der Waals surface area contributed by atoms with E-state index in [4.69, 9.17) is 4.74 Å². The minimum atomic E-state index is -1.05. The van der Waals surface area contributed by atoms with Crippen molar-refractivity contribution in [2.75, 3.05) is 0 Å². The number of esters is 1. The SMILES string of the molecule is O=C(Oc1ccccc1C=Nc1ccccc1C(=O)O)c1ccccc1. The van der Waals surface area contributed by atoms with E-state index < -0.39 is 11.9 Å². The lowest BCUT2D eigenvalue weighted by atomic mass is 10.1. The molecule has 0 saturated heterocycles. The van der Waals surface area contributed by atoms with Crippen molar-refractivity contribution in [3.63, 3.8) is 0 Å². The zero-order chi connectivity index (χ0) is 18.4. The lowest BCUT2D eigenvalue weighted by Crippen LogP contribution is -2.09. The Morgan fingerprint density at radius 1 is 0.846 bits per heavy atom. The van der Waals surface area contributed by atoms with Crippen LogP contribution in [0, 0.1) is 0 Å². The fourth-order valence-corrected chi connectivity index (χ4v) is 2.32. The minimum Gasteiger partial charge on any atom is -0.478 e. The minimum absolute atomic E-state index is 0.0995. The average Bonchev–Trinajstić information content (AvgIpc) is 2.68. The summed E-state index contributed by atoms with van der Waals surface area (Å²) in [5.41, 5.74) is 1.43. The van der Waals surface area contributed by atoms with Crippen LogP contribution in [-0.2, 0) is 0 Å². The van der Waals surface area contributed by atoms with Gasteiger partial charge in [0.05, 0.1) is 16.8 Å². The summed E-state index contributed by atoms with van der Waals surface area (Å²) in [5.74, 6) is -1.18. The zero-order valence-corrected chi connectivity index (χ0v) is 13.7. The number of aromatic carboxylic acids is 1. The lowest BCUT2D eigenvalue weighted by Gasteiger charge is -2.07. The van der Waals surface area contributed by atoms with Crippen molar-refractivity contribution < 1.29 is 19.4 Å². The van der Waals surface area contributed by atoms with Crippen LogP contribution < -0.4 is 4.74 Å². The summed E-state index contributed by atoms with van der Waals surface area (Å²) < 4.78 is 5.45. The van der Waals surface area contributed by atoms with Crippen LogP contribution in [0.2, 0.25) is 0 Å². The molecule has 26 heavy (non-hydrogen) atoms. The Hall–Kier alpha value is -3.73. The monoisotopic (exact) mass is 345 g/mol. The van der Waals surface area contributed by atoms with Gasteiger partial charge in [-0.15, -0.1) is 0 Å². The van der Waals surface area contributed by atoms with E-state index in [2.05, 4.69) is 4.99 Å². The number of hydrogen-bond acceptors (Lipinski definition) is 4. The number of rotatable bonds is 5. The van der Waals surface area contributed by atoms with Gasteiger partial charge in [0, 0.05) is 11.8 Å². The summed E-state index contributed by atoms with van der Waals surface area (Å²) >= 11 is 0. The molecule has 0 heterocycles. The second-order valence-corrected chi connectivity index (χ2v) is 5.37. The van der Waals surface area contributed by atoms with Crippen LogP contribution in [0.15, 0.2) is 83.9 Å². The molecule has 0 spiro atoms. The maximum atomic E-state index is 12.2. The molecule has 5 nitrogen and oxygen atoms in total. The van der Waals surface area contributed by atoms with Crippen molar-refractivity contribution >= 4 is 23.8 Å². The summed E-state index contributed by atoms with van der Waals surface area (Å²) in [7, 11) is 0. The van der Waals surface area contributed by atoms with Gasteiger partial charge in [-0.3, -0.25) is 4.99 Å². The van der Waals surface area contributed by atoms with E-state index in [9.17, 15) is 14.7 Å². The molecule has 5 heteroatoms.